The summed E-state index contributed by atoms with van der Waals surface area (Å²) in [5.41, 5.74) is -3.14. The first kappa shape index (κ1) is 19.5. The molecule has 1 fully saturated rings. The summed E-state index contributed by atoms with van der Waals surface area (Å²) in [7, 11) is -4.35. The smallest absolute Gasteiger partial charge is 0.442 e. The largest absolute Gasteiger partial charge is 0.446 e. The molecule has 1 atom stereocenters. The third-order valence-corrected chi connectivity index (χ3v) is 6.02. The standard InChI is InChI=1S/C16H14F3N5O4S/c17-16(18,19)15(23-24-15)9-3-5-10(6-4-9)29(26,27)22-14(25)12-13(28-8-21-12)11-2-1-7-20-11/h3-6,8,11,20H,1-2,7H2,(H,22,25). The zero-order valence-corrected chi connectivity index (χ0v) is 15.4. The van der Waals surface area contributed by atoms with E-state index in [0.717, 1.165) is 43.6 Å². The van der Waals surface area contributed by atoms with Gasteiger partial charge in [-0.2, -0.15) is 13.2 Å². The van der Waals surface area contributed by atoms with E-state index in [2.05, 4.69) is 20.5 Å². The van der Waals surface area contributed by atoms with E-state index in [4.69, 9.17) is 4.42 Å². The Labute approximate surface area is 162 Å². The molecule has 13 heteroatoms. The van der Waals surface area contributed by atoms with Crippen LogP contribution in [0.15, 0.2) is 50.2 Å². The number of benzene rings is 1. The zero-order chi connectivity index (χ0) is 20.9. The van der Waals surface area contributed by atoms with Gasteiger partial charge in [-0.1, -0.05) is 12.1 Å². The number of alkyl halides is 3. The van der Waals surface area contributed by atoms with Gasteiger partial charge < -0.3 is 9.73 Å². The number of hydrogen-bond acceptors (Lipinski definition) is 8. The molecule has 2 N–H and O–H groups in total. The lowest BCUT2D eigenvalue weighted by molar-refractivity contribution is -0.166. The van der Waals surface area contributed by atoms with Crippen molar-refractivity contribution in [3.05, 3.63) is 47.7 Å². The zero-order valence-electron chi connectivity index (χ0n) is 14.6. The quantitative estimate of drug-likeness (QED) is 0.752. The van der Waals surface area contributed by atoms with Crippen molar-refractivity contribution in [3.8, 4) is 0 Å². The van der Waals surface area contributed by atoms with Crippen molar-refractivity contribution in [3.63, 3.8) is 0 Å². The number of hydrogen-bond donors (Lipinski definition) is 2. The van der Waals surface area contributed by atoms with Crippen molar-refractivity contribution in [2.24, 2.45) is 10.2 Å². The van der Waals surface area contributed by atoms with E-state index >= 15 is 0 Å². The van der Waals surface area contributed by atoms with Crippen molar-refractivity contribution in [2.75, 3.05) is 6.54 Å². The summed E-state index contributed by atoms with van der Waals surface area (Å²) in [6, 6.07) is 3.56. The fourth-order valence-corrected chi connectivity index (χ4v) is 4.07. The van der Waals surface area contributed by atoms with E-state index in [1.807, 2.05) is 4.72 Å². The molecule has 0 saturated carbocycles. The van der Waals surface area contributed by atoms with Gasteiger partial charge in [-0.25, -0.2) is 18.1 Å². The second-order valence-corrected chi connectivity index (χ2v) is 8.23. The third-order valence-electron chi connectivity index (χ3n) is 4.68. The summed E-state index contributed by atoms with van der Waals surface area (Å²) in [6.07, 6.45) is -2.10. The molecule has 2 aromatic rings. The summed E-state index contributed by atoms with van der Waals surface area (Å²) in [6.45, 7) is 0.731. The van der Waals surface area contributed by atoms with E-state index in [1.165, 1.54) is 0 Å². The van der Waals surface area contributed by atoms with Crippen molar-refractivity contribution in [1.82, 2.24) is 15.0 Å². The second-order valence-electron chi connectivity index (χ2n) is 6.54. The molecule has 154 valence electrons. The Hall–Kier alpha value is -2.80. The van der Waals surface area contributed by atoms with Crippen LogP contribution < -0.4 is 10.0 Å². The number of amides is 1. The van der Waals surface area contributed by atoms with Gasteiger partial charge in [-0.15, -0.1) is 10.2 Å². The number of aromatic nitrogens is 1. The average molecular weight is 429 g/mol. The normalized spacial score (nSPS) is 20.6. The van der Waals surface area contributed by atoms with Gasteiger partial charge in [-0.3, -0.25) is 4.79 Å². The first-order valence-electron chi connectivity index (χ1n) is 8.49. The number of sulfonamides is 1. The van der Waals surface area contributed by atoms with Gasteiger partial charge in [0.2, 0.25) is 0 Å². The van der Waals surface area contributed by atoms with Crippen molar-refractivity contribution >= 4 is 15.9 Å². The number of oxazole rings is 1. The third kappa shape index (κ3) is 3.40. The van der Waals surface area contributed by atoms with Crippen LogP contribution in [0.2, 0.25) is 0 Å². The molecular weight excluding hydrogens is 415 g/mol. The lowest BCUT2D eigenvalue weighted by atomic mass is 10.0. The van der Waals surface area contributed by atoms with E-state index in [0.29, 0.717) is 6.42 Å². The number of nitrogens with zero attached hydrogens (tertiary/aromatic N) is 3. The molecule has 0 bridgehead atoms. The van der Waals surface area contributed by atoms with E-state index in [-0.39, 0.29) is 23.1 Å². The molecule has 1 unspecified atom stereocenters. The number of halogens is 3. The molecule has 29 heavy (non-hydrogen) atoms. The van der Waals surface area contributed by atoms with Gasteiger partial charge in [0.1, 0.15) is 0 Å². The van der Waals surface area contributed by atoms with Gasteiger partial charge in [0.05, 0.1) is 10.9 Å². The highest BCUT2D eigenvalue weighted by atomic mass is 32.2. The highest BCUT2D eigenvalue weighted by molar-refractivity contribution is 7.90. The van der Waals surface area contributed by atoms with Crippen LogP contribution in [0.25, 0.3) is 0 Å². The molecule has 1 aromatic heterocycles. The minimum atomic E-state index is -4.72. The number of carbonyl (C=O) groups is 1. The second kappa shape index (κ2) is 6.62. The van der Waals surface area contributed by atoms with E-state index < -0.39 is 32.7 Å². The van der Waals surface area contributed by atoms with Crippen molar-refractivity contribution in [2.45, 2.75) is 35.6 Å². The van der Waals surface area contributed by atoms with Gasteiger partial charge in [0, 0.05) is 5.56 Å². The summed E-state index contributed by atoms with van der Waals surface area (Å²) >= 11 is 0. The molecule has 1 aromatic carbocycles. The molecular formula is C16H14F3N5O4S. The number of rotatable bonds is 5. The predicted octanol–water partition coefficient (Wildman–Crippen LogP) is 2.40. The fourth-order valence-electron chi connectivity index (χ4n) is 3.12. The minimum absolute atomic E-state index is 0.170. The van der Waals surface area contributed by atoms with Crippen LogP contribution in [0.5, 0.6) is 0 Å². The molecule has 3 heterocycles. The number of nitrogens with one attached hydrogen (secondary N) is 2. The van der Waals surface area contributed by atoms with Crippen LogP contribution >= 0.6 is 0 Å². The minimum Gasteiger partial charge on any atom is -0.446 e. The van der Waals surface area contributed by atoms with Gasteiger partial charge in [0.25, 0.3) is 15.9 Å². The summed E-state index contributed by atoms with van der Waals surface area (Å²) in [5, 5.41) is 9.22. The molecule has 0 aliphatic carbocycles. The molecule has 4 rings (SSSR count). The maximum atomic E-state index is 13.0. The first-order chi connectivity index (χ1) is 13.6. The molecule has 1 amide bonds. The molecule has 1 saturated heterocycles. The Balaban J connectivity index is 1.52. The molecule has 9 nitrogen and oxygen atoms in total. The topological polar surface area (TPSA) is 126 Å². The van der Waals surface area contributed by atoms with Crippen LogP contribution in [0.3, 0.4) is 0 Å². The van der Waals surface area contributed by atoms with E-state index in [9.17, 15) is 26.4 Å². The highest BCUT2D eigenvalue weighted by Gasteiger charge is 2.65. The Kier molecular flexibility index (Phi) is 4.46. The van der Waals surface area contributed by atoms with Crippen LogP contribution in [0.4, 0.5) is 13.2 Å². The van der Waals surface area contributed by atoms with Crippen LogP contribution in [0, 0.1) is 0 Å². The van der Waals surface area contributed by atoms with Gasteiger partial charge >= 0.3 is 11.8 Å². The highest BCUT2D eigenvalue weighted by Crippen LogP contribution is 2.52. The lowest BCUT2D eigenvalue weighted by Gasteiger charge is -2.15. The van der Waals surface area contributed by atoms with Crippen LogP contribution in [-0.4, -0.2) is 32.0 Å². The molecule has 2 aliphatic heterocycles. The predicted molar refractivity (Wildman–Crippen MR) is 90.2 cm³/mol. The lowest BCUT2D eigenvalue weighted by Crippen LogP contribution is -2.32. The summed E-state index contributed by atoms with van der Waals surface area (Å²) < 4.78 is 71.1. The Morgan fingerprint density at radius 2 is 1.93 bits per heavy atom. The average Bonchev–Trinajstić information content (AvgIpc) is 3.08. The van der Waals surface area contributed by atoms with Gasteiger partial charge in [0.15, 0.2) is 17.8 Å². The summed E-state index contributed by atoms with van der Waals surface area (Å²) in [5.74, 6) is -0.764. The van der Waals surface area contributed by atoms with Crippen LogP contribution in [0.1, 0.15) is 40.7 Å². The Bertz CT molecular complexity index is 1070. The summed E-state index contributed by atoms with van der Waals surface area (Å²) in [4.78, 5) is 15.8. The van der Waals surface area contributed by atoms with Crippen LogP contribution in [-0.2, 0) is 15.7 Å². The fraction of sp³-hybridized carbons (Fsp3) is 0.375. The van der Waals surface area contributed by atoms with E-state index in [1.54, 1.807) is 0 Å². The Morgan fingerprint density at radius 3 is 2.48 bits per heavy atom. The maximum absolute atomic E-state index is 13.0. The first-order valence-corrected chi connectivity index (χ1v) is 9.98. The Morgan fingerprint density at radius 1 is 1.24 bits per heavy atom. The number of carbonyl (C=O) groups excluding carboxylic acids is 1. The van der Waals surface area contributed by atoms with Crippen molar-refractivity contribution < 1.29 is 30.8 Å². The van der Waals surface area contributed by atoms with Crippen molar-refractivity contribution in [1.29, 1.82) is 0 Å². The molecule has 0 radical (unpaired) electrons. The SMILES string of the molecule is O=C(NS(=O)(=O)c1ccc(C2(C(F)(F)F)N=N2)cc1)c1ncoc1C1CCCN1. The molecule has 2 aliphatic rings. The maximum Gasteiger partial charge on any atom is 0.442 e. The van der Waals surface area contributed by atoms with Gasteiger partial charge in [-0.05, 0) is 31.5 Å². The monoisotopic (exact) mass is 429 g/mol. The molecule has 0 spiro atoms.